The zero-order valence-corrected chi connectivity index (χ0v) is 15.4. The van der Waals surface area contributed by atoms with Gasteiger partial charge < -0.3 is 10.6 Å². The third-order valence-corrected chi connectivity index (χ3v) is 4.31. The van der Waals surface area contributed by atoms with E-state index < -0.39 is 17.6 Å². The largest absolute Gasteiger partial charge is 0.416 e. The summed E-state index contributed by atoms with van der Waals surface area (Å²) in [4.78, 5) is 23.8. The van der Waals surface area contributed by atoms with Crippen molar-refractivity contribution in [3.63, 3.8) is 0 Å². The van der Waals surface area contributed by atoms with Crippen LogP contribution in [0.3, 0.4) is 0 Å². The monoisotopic (exact) mass is 418 g/mol. The first-order chi connectivity index (χ1) is 12.7. The molecular formula is C18H15Cl2F3N2O2. The minimum Gasteiger partial charge on any atom is -0.354 e. The van der Waals surface area contributed by atoms with Crippen molar-refractivity contribution in [3.05, 3.63) is 69.2 Å². The number of alkyl halides is 3. The molecule has 0 spiro atoms. The molecule has 2 aromatic carbocycles. The Balaban J connectivity index is 1.77. The van der Waals surface area contributed by atoms with Crippen LogP contribution in [-0.2, 0) is 17.4 Å². The van der Waals surface area contributed by atoms with Crippen LogP contribution in [0.25, 0.3) is 0 Å². The Morgan fingerprint density at radius 3 is 2.00 bits per heavy atom. The highest BCUT2D eigenvalue weighted by atomic mass is 35.5. The molecule has 0 atom stereocenters. The summed E-state index contributed by atoms with van der Waals surface area (Å²) in [6.45, 7) is 0.259. The second kappa shape index (κ2) is 9.10. The molecule has 0 aliphatic rings. The van der Waals surface area contributed by atoms with Crippen molar-refractivity contribution in [1.29, 1.82) is 0 Å². The number of hydrogen-bond acceptors (Lipinski definition) is 2. The first-order valence-electron chi connectivity index (χ1n) is 7.83. The van der Waals surface area contributed by atoms with Gasteiger partial charge in [0.25, 0.3) is 5.91 Å². The van der Waals surface area contributed by atoms with Crippen LogP contribution in [0.2, 0.25) is 10.0 Å². The fourth-order valence-electron chi connectivity index (χ4n) is 2.21. The second-order valence-corrected chi connectivity index (χ2v) is 6.37. The van der Waals surface area contributed by atoms with E-state index in [0.29, 0.717) is 15.6 Å². The molecule has 9 heteroatoms. The second-order valence-electron chi connectivity index (χ2n) is 5.56. The summed E-state index contributed by atoms with van der Waals surface area (Å²) in [6, 6.07) is 8.78. The number of amides is 2. The lowest BCUT2D eigenvalue weighted by molar-refractivity contribution is -0.137. The van der Waals surface area contributed by atoms with Crippen LogP contribution in [0.5, 0.6) is 0 Å². The van der Waals surface area contributed by atoms with Crippen molar-refractivity contribution in [3.8, 4) is 0 Å². The summed E-state index contributed by atoms with van der Waals surface area (Å²) in [5.41, 5.74) is -0.228. The predicted molar refractivity (Wildman–Crippen MR) is 97.0 cm³/mol. The molecule has 4 nitrogen and oxygen atoms in total. The summed E-state index contributed by atoms with van der Waals surface area (Å²) >= 11 is 12.0. The molecule has 2 N–H and O–H groups in total. The minimum absolute atomic E-state index is 0.00857. The first kappa shape index (κ1) is 21.1. The highest BCUT2D eigenvalue weighted by molar-refractivity contribution is 6.36. The Hall–Kier alpha value is -2.25. The molecule has 2 rings (SSSR count). The van der Waals surface area contributed by atoms with Gasteiger partial charge >= 0.3 is 6.18 Å². The third kappa shape index (κ3) is 6.15. The highest BCUT2D eigenvalue weighted by Crippen LogP contribution is 2.29. The summed E-state index contributed by atoms with van der Waals surface area (Å²) in [5.74, 6) is -0.860. The van der Waals surface area contributed by atoms with Crippen LogP contribution in [-0.4, -0.2) is 24.9 Å². The van der Waals surface area contributed by atoms with E-state index in [-0.39, 0.29) is 31.0 Å². The van der Waals surface area contributed by atoms with Crippen LogP contribution in [0, 0.1) is 0 Å². The molecule has 0 fully saturated rings. The molecule has 27 heavy (non-hydrogen) atoms. The number of nitrogens with one attached hydrogen (secondary N) is 2. The number of carbonyl (C=O) groups excluding carboxylic acids is 2. The van der Waals surface area contributed by atoms with Gasteiger partial charge in [0, 0.05) is 28.7 Å². The minimum atomic E-state index is -4.45. The van der Waals surface area contributed by atoms with Gasteiger partial charge in [-0.3, -0.25) is 9.59 Å². The summed E-state index contributed by atoms with van der Waals surface area (Å²) in [7, 11) is 0. The van der Waals surface area contributed by atoms with Crippen LogP contribution in [0.4, 0.5) is 13.2 Å². The van der Waals surface area contributed by atoms with E-state index in [9.17, 15) is 22.8 Å². The molecule has 0 unspecified atom stereocenters. The van der Waals surface area contributed by atoms with E-state index in [0.717, 1.165) is 24.3 Å². The Bertz CT molecular complexity index is 804. The van der Waals surface area contributed by atoms with Crippen molar-refractivity contribution in [2.75, 3.05) is 13.1 Å². The fourth-order valence-corrected chi connectivity index (χ4v) is 2.75. The molecule has 0 radical (unpaired) electrons. The van der Waals surface area contributed by atoms with Gasteiger partial charge in [0.1, 0.15) is 0 Å². The van der Waals surface area contributed by atoms with Crippen LogP contribution >= 0.6 is 23.2 Å². The number of halogens is 5. The molecule has 0 aliphatic heterocycles. The molecule has 2 amide bonds. The van der Waals surface area contributed by atoms with E-state index >= 15 is 0 Å². The summed E-state index contributed by atoms with van der Waals surface area (Å²) in [5, 5.41) is 5.88. The first-order valence-corrected chi connectivity index (χ1v) is 8.59. The maximum absolute atomic E-state index is 12.5. The van der Waals surface area contributed by atoms with E-state index in [2.05, 4.69) is 10.6 Å². The lowest BCUT2D eigenvalue weighted by Gasteiger charge is -2.10. The van der Waals surface area contributed by atoms with Gasteiger partial charge in [0.05, 0.1) is 12.0 Å². The van der Waals surface area contributed by atoms with E-state index in [1.54, 1.807) is 18.2 Å². The molecule has 0 bridgehead atoms. The van der Waals surface area contributed by atoms with Crippen molar-refractivity contribution >= 4 is 35.0 Å². The average Bonchev–Trinajstić information content (AvgIpc) is 2.61. The SMILES string of the molecule is O=C(Cc1c(Cl)cccc1Cl)NCCNC(=O)c1ccc(C(F)(F)F)cc1. The topological polar surface area (TPSA) is 58.2 Å². The normalized spacial score (nSPS) is 11.1. The van der Waals surface area contributed by atoms with Gasteiger partial charge in [0.2, 0.25) is 5.91 Å². The number of hydrogen-bond donors (Lipinski definition) is 2. The molecule has 0 aromatic heterocycles. The molecule has 0 saturated carbocycles. The van der Waals surface area contributed by atoms with Crippen molar-refractivity contribution in [2.45, 2.75) is 12.6 Å². The van der Waals surface area contributed by atoms with E-state index in [1.165, 1.54) is 0 Å². The molecule has 144 valence electrons. The predicted octanol–water partition coefficient (Wildman–Crippen LogP) is 4.10. The summed E-state index contributed by atoms with van der Waals surface area (Å²) in [6.07, 6.45) is -4.46. The van der Waals surface area contributed by atoms with Gasteiger partial charge in [-0.25, -0.2) is 0 Å². The van der Waals surface area contributed by atoms with E-state index in [1.807, 2.05) is 0 Å². The average molecular weight is 419 g/mol. The maximum Gasteiger partial charge on any atom is 0.416 e. The van der Waals surface area contributed by atoms with Crippen LogP contribution in [0.1, 0.15) is 21.5 Å². The zero-order valence-electron chi connectivity index (χ0n) is 13.9. The quantitative estimate of drug-likeness (QED) is 0.693. The van der Waals surface area contributed by atoms with Crippen molar-refractivity contribution in [2.24, 2.45) is 0 Å². The lowest BCUT2D eigenvalue weighted by atomic mass is 10.1. The summed E-state index contributed by atoms with van der Waals surface area (Å²) < 4.78 is 37.5. The smallest absolute Gasteiger partial charge is 0.354 e. The van der Waals surface area contributed by atoms with Crippen molar-refractivity contribution < 1.29 is 22.8 Å². The number of benzene rings is 2. The third-order valence-electron chi connectivity index (χ3n) is 3.61. The van der Waals surface area contributed by atoms with Crippen LogP contribution < -0.4 is 10.6 Å². The maximum atomic E-state index is 12.5. The Morgan fingerprint density at radius 2 is 1.44 bits per heavy atom. The standard InChI is InChI=1S/C18H15Cl2F3N2O2/c19-14-2-1-3-15(20)13(14)10-16(26)24-8-9-25-17(27)11-4-6-12(7-5-11)18(21,22)23/h1-7H,8-10H2,(H,24,26)(H,25,27). The highest BCUT2D eigenvalue weighted by Gasteiger charge is 2.30. The Kier molecular flexibility index (Phi) is 7.10. The van der Waals surface area contributed by atoms with Crippen LogP contribution in [0.15, 0.2) is 42.5 Å². The van der Waals surface area contributed by atoms with Gasteiger partial charge in [-0.05, 0) is 42.0 Å². The Labute approximate surface area is 163 Å². The zero-order chi connectivity index (χ0) is 20.0. The molecule has 0 aliphatic carbocycles. The van der Waals surface area contributed by atoms with Gasteiger partial charge in [-0.2, -0.15) is 13.2 Å². The number of carbonyl (C=O) groups is 2. The van der Waals surface area contributed by atoms with Gasteiger partial charge in [-0.15, -0.1) is 0 Å². The fraction of sp³-hybridized carbons (Fsp3) is 0.222. The lowest BCUT2D eigenvalue weighted by Crippen LogP contribution is -2.35. The Morgan fingerprint density at radius 1 is 0.889 bits per heavy atom. The van der Waals surface area contributed by atoms with Gasteiger partial charge in [-0.1, -0.05) is 29.3 Å². The molecule has 2 aromatic rings. The van der Waals surface area contributed by atoms with E-state index in [4.69, 9.17) is 23.2 Å². The van der Waals surface area contributed by atoms with Crippen molar-refractivity contribution in [1.82, 2.24) is 10.6 Å². The van der Waals surface area contributed by atoms with Gasteiger partial charge in [0.15, 0.2) is 0 Å². The molecule has 0 saturated heterocycles. The molecular weight excluding hydrogens is 404 g/mol. The number of rotatable bonds is 6. The molecule has 0 heterocycles.